The molecule has 0 amide bonds. The van der Waals surface area contributed by atoms with E-state index in [0.29, 0.717) is 13.0 Å². The van der Waals surface area contributed by atoms with Gasteiger partial charge in [-0.05, 0) is 51.4 Å². The van der Waals surface area contributed by atoms with Gasteiger partial charge in [-0.3, -0.25) is 4.79 Å². The zero-order valence-corrected chi connectivity index (χ0v) is 46.9. The number of allylic oxidation sites excluding steroid dienone is 8. The fourth-order valence-electron chi connectivity index (χ4n) is 9.55. The van der Waals surface area contributed by atoms with E-state index in [1.807, 2.05) is 0 Å². The van der Waals surface area contributed by atoms with Crippen LogP contribution in [-0.4, -0.2) is 89.6 Å². The van der Waals surface area contributed by atoms with E-state index < -0.39 is 43.4 Å². The predicted molar refractivity (Wildman–Crippen MR) is 302 cm³/mol. The van der Waals surface area contributed by atoms with E-state index in [0.717, 1.165) is 57.8 Å². The topological polar surface area (TPSA) is 135 Å². The number of unbranched alkanes of at least 4 members (excludes halogenated alkanes) is 35. The Kier molecular flexibility index (Phi) is 51.1. The van der Waals surface area contributed by atoms with Crippen molar-refractivity contribution in [2.45, 2.75) is 320 Å². The van der Waals surface area contributed by atoms with Gasteiger partial charge in [-0.1, -0.05) is 274 Å². The summed E-state index contributed by atoms with van der Waals surface area (Å²) in [6.45, 7) is 4.50. The van der Waals surface area contributed by atoms with Crippen LogP contribution in [0.5, 0.6) is 0 Å². The van der Waals surface area contributed by atoms with Gasteiger partial charge in [-0.2, -0.15) is 0 Å². The molecule has 6 atom stereocenters. The largest absolute Gasteiger partial charge is 0.457 e. The molecule has 0 aromatic rings. The number of ether oxygens (including phenoxy) is 4. The summed E-state index contributed by atoms with van der Waals surface area (Å²) in [5, 5.41) is 40.4. The molecule has 0 aromatic carbocycles. The lowest BCUT2D eigenvalue weighted by molar-refractivity contribution is -0.305. The number of esters is 1. The molecule has 1 aliphatic rings. The zero-order valence-electron chi connectivity index (χ0n) is 46.9. The van der Waals surface area contributed by atoms with Crippen LogP contribution in [0.3, 0.4) is 0 Å². The first kappa shape index (κ1) is 68.2. The second kappa shape index (κ2) is 54.0. The Morgan fingerprint density at radius 3 is 1.28 bits per heavy atom. The molecule has 9 heteroatoms. The first-order chi connectivity index (χ1) is 35.4. The van der Waals surface area contributed by atoms with E-state index >= 15 is 0 Å². The molecular weight excluding hydrogens is 901 g/mol. The quantitative estimate of drug-likeness (QED) is 0.0267. The number of carbonyl (C=O) groups is 1. The van der Waals surface area contributed by atoms with Crippen molar-refractivity contribution in [1.29, 1.82) is 0 Å². The minimum Gasteiger partial charge on any atom is -0.457 e. The van der Waals surface area contributed by atoms with Crippen molar-refractivity contribution < 1.29 is 44.2 Å². The van der Waals surface area contributed by atoms with Gasteiger partial charge in [0.25, 0.3) is 0 Å². The monoisotopic (exact) mass is 1020 g/mol. The highest BCUT2D eigenvalue weighted by Crippen LogP contribution is 2.23. The summed E-state index contributed by atoms with van der Waals surface area (Å²) in [5.41, 5.74) is 0. The molecule has 1 saturated heterocycles. The van der Waals surface area contributed by atoms with E-state index in [1.165, 1.54) is 205 Å². The van der Waals surface area contributed by atoms with Gasteiger partial charge in [0.2, 0.25) is 0 Å². The van der Waals surface area contributed by atoms with Crippen LogP contribution in [-0.2, 0) is 23.7 Å². The van der Waals surface area contributed by atoms with Crippen LogP contribution in [0.1, 0.15) is 284 Å². The molecule has 4 N–H and O–H groups in total. The molecular formula is C63H116O9. The number of hydrogen-bond acceptors (Lipinski definition) is 9. The van der Waals surface area contributed by atoms with Gasteiger partial charge in [-0.25, -0.2) is 0 Å². The second-order valence-electron chi connectivity index (χ2n) is 21.1. The minimum atomic E-state index is -1.54. The van der Waals surface area contributed by atoms with Crippen LogP contribution in [0.4, 0.5) is 0 Å². The van der Waals surface area contributed by atoms with Crippen molar-refractivity contribution in [3.63, 3.8) is 0 Å². The van der Waals surface area contributed by atoms with Crippen molar-refractivity contribution in [2.24, 2.45) is 0 Å². The van der Waals surface area contributed by atoms with Crippen molar-refractivity contribution >= 4 is 5.97 Å². The highest BCUT2D eigenvalue weighted by molar-refractivity contribution is 5.69. The van der Waals surface area contributed by atoms with Gasteiger partial charge in [0, 0.05) is 13.0 Å². The van der Waals surface area contributed by atoms with E-state index in [4.69, 9.17) is 18.9 Å². The average Bonchev–Trinajstić information content (AvgIpc) is 3.38. The third-order valence-corrected chi connectivity index (χ3v) is 14.3. The summed E-state index contributed by atoms with van der Waals surface area (Å²) in [4.78, 5) is 12.9. The fraction of sp³-hybridized carbons (Fsp3) is 0.857. The number of aliphatic hydroxyl groups is 4. The molecule has 0 bridgehead atoms. The number of rotatable bonds is 54. The van der Waals surface area contributed by atoms with Gasteiger partial charge in [0.05, 0.1) is 19.8 Å². The minimum absolute atomic E-state index is 0.113. The molecule has 0 saturated carbocycles. The van der Waals surface area contributed by atoms with Gasteiger partial charge in [0.1, 0.15) is 30.5 Å². The summed E-state index contributed by atoms with van der Waals surface area (Å²) in [7, 11) is 0. The van der Waals surface area contributed by atoms with E-state index in [2.05, 4.69) is 62.5 Å². The predicted octanol–water partition coefficient (Wildman–Crippen LogP) is 16.4. The van der Waals surface area contributed by atoms with Crippen molar-refractivity contribution in [2.75, 3.05) is 26.4 Å². The summed E-state index contributed by atoms with van der Waals surface area (Å²) in [6, 6.07) is 0. The lowest BCUT2D eigenvalue weighted by Gasteiger charge is -2.39. The summed E-state index contributed by atoms with van der Waals surface area (Å²) in [5.74, 6) is -0.313. The van der Waals surface area contributed by atoms with E-state index in [1.54, 1.807) is 0 Å². The highest BCUT2D eigenvalue weighted by Gasteiger charge is 2.44. The Labute approximate surface area is 443 Å². The van der Waals surface area contributed by atoms with Crippen LogP contribution in [0, 0.1) is 0 Å². The number of carbonyl (C=O) groups excluding carboxylic acids is 1. The molecule has 422 valence electrons. The Bertz CT molecular complexity index is 1250. The van der Waals surface area contributed by atoms with Crippen molar-refractivity contribution in [3.05, 3.63) is 48.6 Å². The van der Waals surface area contributed by atoms with Crippen LogP contribution in [0.2, 0.25) is 0 Å². The van der Waals surface area contributed by atoms with Gasteiger partial charge < -0.3 is 39.4 Å². The van der Waals surface area contributed by atoms with Crippen LogP contribution >= 0.6 is 0 Å². The number of aliphatic hydroxyl groups excluding tert-OH is 4. The average molecular weight is 1020 g/mol. The molecule has 6 unspecified atom stereocenters. The van der Waals surface area contributed by atoms with Crippen LogP contribution in [0.25, 0.3) is 0 Å². The third-order valence-electron chi connectivity index (χ3n) is 14.3. The van der Waals surface area contributed by atoms with Crippen LogP contribution in [0.15, 0.2) is 48.6 Å². The van der Waals surface area contributed by atoms with Crippen molar-refractivity contribution in [3.8, 4) is 0 Å². The molecule has 9 nitrogen and oxygen atoms in total. The fourth-order valence-corrected chi connectivity index (χ4v) is 9.55. The van der Waals surface area contributed by atoms with Crippen LogP contribution < -0.4 is 0 Å². The highest BCUT2D eigenvalue weighted by atomic mass is 16.7. The molecule has 0 aromatic heterocycles. The molecule has 72 heavy (non-hydrogen) atoms. The molecule has 1 fully saturated rings. The molecule has 1 heterocycles. The maximum atomic E-state index is 12.9. The lowest BCUT2D eigenvalue weighted by Crippen LogP contribution is -2.59. The Morgan fingerprint density at radius 1 is 0.458 bits per heavy atom. The van der Waals surface area contributed by atoms with E-state index in [9.17, 15) is 25.2 Å². The first-order valence-electron chi connectivity index (χ1n) is 30.7. The maximum absolute atomic E-state index is 12.9. The molecule has 1 aliphatic heterocycles. The Morgan fingerprint density at radius 2 is 0.847 bits per heavy atom. The zero-order chi connectivity index (χ0) is 52.1. The Hall–Kier alpha value is -1.85. The van der Waals surface area contributed by atoms with Crippen molar-refractivity contribution in [1.82, 2.24) is 0 Å². The first-order valence-corrected chi connectivity index (χ1v) is 30.7. The summed E-state index contributed by atoms with van der Waals surface area (Å²) < 4.78 is 23.0. The second-order valence-corrected chi connectivity index (χ2v) is 21.1. The number of hydrogen-bond donors (Lipinski definition) is 4. The SMILES string of the molecule is CC/C=C\C/C=C\C/C=C\C/C=C\CCCCCCCCCCCCC(=O)OC(COCCCCCCCCCCCCCCCCCCCCCCCCCCCC)COC1OC(CO)C(O)C(O)C1O. The third kappa shape index (κ3) is 43.4. The standard InChI is InChI=1S/C63H116O9/c1-3-5-7-9-11-13-15-17-19-21-23-25-27-28-29-31-33-35-37-39-41-43-45-47-49-51-53-69-55-57(56-70-63-62(68)61(67)60(66)58(54-64)72-63)71-59(65)52-50-48-46-44-42-40-38-36-34-32-30-26-24-22-20-18-16-14-12-10-8-6-4-2/h6,8,12,14,18,20,24,26,57-58,60-64,66-68H,3-5,7,9-11,13,15-17,19,21-23,25,27-56H2,1-2H3/b8-6-,14-12-,20-18-,26-24-. The molecule has 0 aliphatic carbocycles. The molecule has 0 radical (unpaired) electrons. The summed E-state index contributed by atoms with van der Waals surface area (Å²) in [6.07, 6.45) is 63.2. The molecule has 0 spiro atoms. The van der Waals surface area contributed by atoms with Gasteiger partial charge in [-0.15, -0.1) is 0 Å². The Balaban J connectivity index is 2.12. The maximum Gasteiger partial charge on any atom is 0.306 e. The van der Waals surface area contributed by atoms with Gasteiger partial charge in [0.15, 0.2) is 6.29 Å². The van der Waals surface area contributed by atoms with Gasteiger partial charge >= 0.3 is 5.97 Å². The molecule has 1 rings (SSSR count). The normalized spacial score (nSPS) is 19.0. The smallest absolute Gasteiger partial charge is 0.306 e. The summed E-state index contributed by atoms with van der Waals surface area (Å²) >= 11 is 0. The lowest BCUT2D eigenvalue weighted by atomic mass is 9.99. The van der Waals surface area contributed by atoms with E-state index in [-0.39, 0.29) is 19.2 Å².